The lowest BCUT2D eigenvalue weighted by atomic mass is 9.93. The Morgan fingerprint density at radius 2 is 1.68 bits per heavy atom. The van der Waals surface area contributed by atoms with Gasteiger partial charge in [-0.2, -0.15) is 0 Å². The SMILES string of the molecule is COc1ccc(CNC(=O)C2(C)Cn3cnc(C(=O)NCc4ccc(F)cc4)c3C(=O)N2C2CC2)cc1. The van der Waals surface area contributed by atoms with Gasteiger partial charge in [0.1, 0.15) is 22.8 Å². The summed E-state index contributed by atoms with van der Waals surface area (Å²) in [6.45, 7) is 2.40. The molecule has 5 rings (SSSR count). The predicted octanol–water partition coefficient (Wildman–Crippen LogP) is 2.65. The number of rotatable bonds is 8. The maximum absolute atomic E-state index is 13.7. The summed E-state index contributed by atoms with van der Waals surface area (Å²) in [6, 6.07) is 13.1. The third-order valence-corrected chi connectivity index (χ3v) is 6.86. The quantitative estimate of drug-likeness (QED) is 0.490. The molecule has 1 atom stereocenters. The van der Waals surface area contributed by atoms with Crippen LogP contribution in [0.25, 0.3) is 0 Å². The van der Waals surface area contributed by atoms with E-state index in [4.69, 9.17) is 4.74 Å². The van der Waals surface area contributed by atoms with Crippen molar-refractivity contribution in [2.24, 2.45) is 0 Å². The summed E-state index contributed by atoms with van der Waals surface area (Å²) in [5.41, 5.74) is 0.666. The van der Waals surface area contributed by atoms with Crippen LogP contribution in [0.1, 0.15) is 51.9 Å². The zero-order valence-corrected chi connectivity index (χ0v) is 20.7. The third-order valence-electron chi connectivity index (χ3n) is 6.86. The molecule has 1 aliphatic heterocycles. The predicted molar refractivity (Wildman–Crippen MR) is 132 cm³/mol. The molecule has 2 aromatic carbocycles. The highest BCUT2D eigenvalue weighted by molar-refractivity contribution is 6.07. The second-order valence-corrected chi connectivity index (χ2v) is 9.59. The van der Waals surface area contributed by atoms with Crippen LogP contribution in [-0.4, -0.2) is 50.9 Å². The summed E-state index contributed by atoms with van der Waals surface area (Å²) < 4.78 is 19.9. The third kappa shape index (κ3) is 4.78. The average molecular weight is 506 g/mol. The van der Waals surface area contributed by atoms with Crippen LogP contribution in [0.15, 0.2) is 54.9 Å². The highest BCUT2D eigenvalue weighted by Crippen LogP contribution is 2.38. The Morgan fingerprint density at radius 3 is 2.30 bits per heavy atom. The van der Waals surface area contributed by atoms with Gasteiger partial charge in [-0.1, -0.05) is 24.3 Å². The van der Waals surface area contributed by atoms with E-state index >= 15 is 0 Å². The Labute approximate surface area is 213 Å². The van der Waals surface area contributed by atoms with Gasteiger partial charge in [-0.25, -0.2) is 9.37 Å². The van der Waals surface area contributed by atoms with Crippen molar-refractivity contribution in [3.63, 3.8) is 0 Å². The van der Waals surface area contributed by atoms with E-state index in [1.54, 1.807) is 35.6 Å². The number of nitrogens with zero attached hydrogens (tertiary/aromatic N) is 3. The van der Waals surface area contributed by atoms with E-state index in [1.165, 1.54) is 18.5 Å². The lowest BCUT2D eigenvalue weighted by Gasteiger charge is -2.44. The number of amides is 3. The van der Waals surface area contributed by atoms with Crippen LogP contribution < -0.4 is 15.4 Å². The van der Waals surface area contributed by atoms with Gasteiger partial charge < -0.3 is 24.8 Å². The number of hydrogen-bond donors (Lipinski definition) is 2. The number of benzene rings is 2. The first-order chi connectivity index (χ1) is 17.8. The Hall–Kier alpha value is -4.21. The second kappa shape index (κ2) is 9.68. The first kappa shape index (κ1) is 24.5. The first-order valence-electron chi connectivity index (χ1n) is 12.1. The molecule has 0 radical (unpaired) electrons. The van der Waals surface area contributed by atoms with Crippen LogP contribution in [0.3, 0.4) is 0 Å². The van der Waals surface area contributed by atoms with E-state index in [1.807, 2.05) is 24.3 Å². The number of carbonyl (C=O) groups excluding carboxylic acids is 3. The Balaban J connectivity index is 1.33. The highest BCUT2D eigenvalue weighted by atomic mass is 19.1. The number of carbonyl (C=O) groups is 3. The lowest BCUT2D eigenvalue weighted by Crippen LogP contribution is -2.64. The zero-order chi connectivity index (χ0) is 26.2. The normalized spacial score (nSPS) is 18.8. The number of imidazole rings is 1. The topological polar surface area (TPSA) is 106 Å². The van der Waals surface area contributed by atoms with Crippen LogP contribution in [0.5, 0.6) is 5.75 Å². The molecule has 9 nitrogen and oxygen atoms in total. The van der Waals surface area contributed by atoms with Gasteiger partial charge in [0.05, 0.1) is 20.0 Å². The van der Waals surface area contributed by atoms with Gasteiger partial charge in [0.2, 0.25) is 5.91 Å². The van der Waals surface area contributed by atoms with Crippen molar-refractivity contribution in [1.29, 1.82) is 0 Å². The van der Waals surface area contributed by atoms with Gasteiger partial charge in [-0.05, 0) is 55.2 Å². The molecule has 1 saturated carbocycles. The molecular formula is C27H28FN5O4. The van der Waals surface area contributed by atoms with Crippen molar-refractivity contribution in [3.05, 3.63) is 83.2 Å². The number of nitrogens with one attached hydrogen (secondary N) is 2. The largest absolute Gasteiger partial charge is 0.497 e. The highest BCUT2D eigenvalue weighted by Gasteiger charge is 2.53. The maximum atomic E-state index is 13.7. The summed E-state index contributed by atoms with van der Waals surface area (Å²) in [5, 5.41) is 5.71. The van der Waals surface area contributed by atoms with Crippen molar-refractivity contribution in [1.82, 2.24) is 25.1 Å². The minimum absolute atomic E-state index is 0.0125. The van der Waals surface area contributed by atoms with E-state index in [0.29, 0.717) is 6.54 Å². The number of fused-ring (bicyclic) bond motifs is 1. The van der Waals surface area contributed by atoms with Gasteiger partial charge in [-0.15, -0.1) is 0 Å². The van der Waals surface area contributed by atoms with E-state index < -0.39 is 11.4 Å². The second-order valence-electron chi connectivity index (χ2n) is 9.59. The van der Waals surface area contributed by atoms with E-state index in [-0.39, 0.29) is 48.2 Å². The molecule has 1 aromatic heterocycles. The van der Waals surface area contributed by atoms with Crippen molar-refractivity contribution in [2.75, 3.05) is 7.11 Å². The molecule has 2 heterocycles. The monoisotopic (exact) mass is 505 g/mol. The van der Waals surface area contributed by atoms with Gasteiger partial charge in [0.25, 0.3) is 11.8 Å². The van der Waals surface area contributed by atoms with Crippen LogP contribution >= 0.6 is 0 Å². The molecular weight excluding hydrogens is 477 g/mol. The van der Waals surface area contributed by atoms with Crippen LogP contribution in [0.2, 0.25) is 0 Å². The fraction of sp³-hybridized carbons (Fsp3) is 0.333. The molecule has 37 heavy (non-hydrogen) atoms. The zero-order valence-electron chi connectivity index (χ0n) is 20.7. The van der Waals surface area contributed by atoms with Crippen LogP contribution in [0.4, 0.5) is 4.39 Å². The van der Waals surface area contributed by atoms with Crippen molar-refractivity contribution >= 4 is 17.7 Å². The van der Waals surface area contributed by atoms with E-state index in [9.17, 15) is 18.8 Å². The Morgan fingerprint density at radius 1 is 1.05 bits per heavy atom. The summed E-state index contributed by atoms with van der Waals surface area (Å²) in [4.78, 5) is 46.0. The van der Waals surface area contributed by atoms with Gasteiger partial charge in [0, 0.05) is 19.1 Å². The molecule has 2 N–H and O–H groups in total. The fourth-order valence-corrected chi connectivity index (χ4v) is 4.71. The van der Waals surface area contributed by atoms with Gasteiger partial charge in [0.15, 0.2) is 5.69 Å². The van der Waals surface area contributed by atoms with Crippen molar-refractivity contribution < 1.29 is 23.5 Å². The number of methoxy groups -OCH3 is 1. The molecule has 0 saturated heterocycles. The number of hydrogen-bond acceptors (Lipinski definition) is 5. The fourth-order valence-electron chi connectivity index (χ4n) is 4.71. The Bertz CT molecular complexity index is 1330. The molecule has 0 bridgehead atoms. The molecule has 1 fully saturated rings. The molecule has 1 unspecified atom stereocenters. The van der Waals surface area contributed by atoms with Crippen LogP contribution in [-0.2, 0) is 24.4 Å². The summed E-state index contributed by atoms with van der Waals surface area (Å²) in [6.07, 6.45) is 3.03. The van der Waals surface area contributed by atoms with E-state index in [0.717, 1.165) is 29.7 Å². The van der Waals surface area contributed by atoms with Crippen molar-refractivity contribution in [3.8, 4) is 5.75 Å². The molecule has 10 heteroatoms. The lowest BCUT2D eigenvalue weighted by molar-refractivity contribution is -0.133. The number of aromatic nitrogens is 2. The van der Waals surface area contributed by atoms with Gasteiger partial charge >= 0.3 is 0 Å². The van der Waals surface area contributed by atoms with Crippen LogP contribution in [0, 0.1) is 5.82 Å². The standard InChI is InChI=1S/C27H28FN5O4/c1-27(26(36)30-14-18-5-11-21(37-2)12-6-18)15-32-16-31-22(23(32)25(35)33(27)20-9-10-20)24(34)29-13-17-3-7-19(28)8-4-17/h3-8,11-12,16,20H,9-10,13-15H2,1-2H3,(H,29,34)(H,30,36). The molecule has 3 amide bonds. The van der Waals surface area contributed by atoms with Crippen molar-refractivity contribution in [2.45, 2.75) is 51.0 Å². The molecule has 3 aromatic rings. The number of ether oxygens (including phenoxy) is 1. The van der Waals surface area contributed by atoms with Gasteiger partial charge in [-0.3, -0.25) is 14.4 Å². The maximum Gasteiger partial charge on any atom is 0.274 e. The smallest absolute Gasteiger partial charge is 0.274 e. The minimum atomic E-state index is -1.14. The first-order valence-corrected chi connectivity index (χ1v) is 12.1. The molecule has 2 aliphatic rings. The summed E-state index contributed by atoms with van der Waals surface area (Å²) in [7, 11) is 1.59. The summed E-state index contributed by atoms with van der Waals surface area (Å²) in [5.74, 6) is -0.801. The average Bonchev–Trinajstić information content (AvgIpc) is 3.64. The Kier molecular flexibility index (Phi) is 6.41. The number of halogens is 1. The summed E-state index contributed by atoms with van der Waals surface area (Å²) >= 11 is 0. The molecule has 0 spiro atoms. The molecule has 1 aliphatic carbocycles. The minimum Gasteiger partial charge on any atom is -0.497 e. The van der Waals surface area contributed by atoms with E-state index in [2.05, 4.69) is 15.6 Å². The molecule has 192 valence electrons.